The molecule has 1 N–H and O–H groups in total. The van der Waals surface area contributed by atoms with Gasteiger partial charge in [0.15, 0.2) is 11.5 Å². The minimum atomic E-state index is -0.155. The lowest BCUT2D eigenvalue weighted by molar-refractivity contribution is 0.102. The Hall–Kier alpha value is -3.65. The van der Waals surface area contributed by atoms with Crippen LogP contribution in [0.4, 0.5) is 10.7 Å². The molecule has 0 radical (unpaired) electrons. The van der Waals surface area contributed by atoms with Crippen LogP contribution in [0, 0.1) is 11.3 Å². The summed E-state index contributed by atoms with van der Waals surface area (Å²) in [7, 11) is 1.63. The molecule has 0 unspecified atom stereocenters. The Kier molecular flexibility index (Phi) is 9.55. The van der Waals surface area contributed by atoms with Crippen LogP contribution in [-0.2, 0) is 19.4 Å². The maximum absolute atomic E-state index is 13.8. The molecule has 5 aromatic rings. The van der Waals surface area contributed by atoms with Gasteiger partial charge in [0.05, 0.1) is 17.1 Å². The number of hydrogen-bond donors (Lipinski definition) is 1. The maximum atomic E-state index is 13.8. The lowest BCUT2D eigenvalue weighted by atomic mass is 9.72. The van der Waals surface area contributed by atoms with Crippen LogP contribution in [0.1, 0.15) is 59.1 Å². The van der Waals surface area contributed by atoms with Crippen LogP contribution in [0.2, 0.25) is 5.02 Å². The zero-order valence-electron chi connectivity index (χ0n) is 26.3. The van der Waals surface area contributed by atoms with Gasteiger partial charge in [0.2, 0.25) is 0 Å². The van der Waals surface area contributed by atoms with Crippen LogP contribution in [-0.4, -0.2) is 19.2 Å². The molecular weight excluding hydrogens is 680 g/mol. The molecule has 0 spiro atoms. The largest absolute Gasteiger partial charge is 0.493 e. The van der Waals surface area contributed by atoms with E-state index in [0.717, 1.165) is 45.8 Å². The summed E-state index contributed by atoms with van der Waals surface area (Å²) in [5, 5.41) is 6.73. The summed E-state index contributed by atoms with van der Waals surface area (Å²) >= 11 is 11.4. The van der Waals surface area contributed by atoms with Gasteiger partial charge in [-0.1, -0.05) is 74.8 Å². The van der Waals surface area contributed by atoms with Gasteiger partial charge in [-0.25, -0.2) is 4.99 Å². The van der Waals surface area contributed by atoms with Gasteiger partial charge < -0.3 is 14.8 Å². The number of ether oxygens (including phenoxy) is 2. The highest BCUT2D eigenvalue weighted by Gasteiger charge is 2.33. The van der Waals surface area contributed by atoms with E-state index in [1.54, 1.807) is 36.8 Å². The van der Waals surface area contributed by atoms with Crippen molar-refractivity contribution in [2.75, 3.05) is 12.4 Å². The topological polar surface area (TPSA) is 59.9 Å². The molecule has 46 heavy (non-hydrogen) atoms. The molecule has 0 bridgehead atoms. The number of carbonyl (C=O) groups is 1. The maximum Gasteiger partial charge on any atom is 0.259 e. The molecular formula is C38H36BrClN2O3S. The fraction of sp³-hybridized carbons (Fsp3) is 0.263. The molecule has 0 aliphatic heterocycles. The van der Waals surface area contributed by atoms with Gasteiger partial charge in [0, 0.05) is 21.8 Å². The first-order chi connectivity index (χ1) is 22.1. The number of anilines is 1. The Morgan fingerprint density at radius 1 is 1.09 bits per heavy atom. The molecule has 1 aliphatic rings. The van der Waals surface area contributed by atoms with Crippen LogP contribution in [0.5, 0.6) is 11.5 Å². The van der Waals surface area contributed by atoms with Crippen molar-refractivity contribution < 1.29 is 14.3 Å². The average Bonchev–Trinajstić information content (AvgIpc) is 3.41. The normalized spacial score (nSPS) is 14.8. The summed E-state index contributed by atoms with van der Waals surface area (Å²) < 4.78 is 12.8. The molecule has 4 aromatic carbocycles. The van der Waals surface area contributed by atoms with Crippen LogP contribution in [0.3, 0.4) is 0 Å². The molecule has 1 amide bonds. The van der Waals surface area contributed by atoms with E-state index < -0.39 is 0 Å². The number of rotatable bonds is 8. The molecule has 1 aromatic heterocycles. The Bertz CT molecular complexity index is 1920. The van der Waals surface area contributed by atoms with Gasteiger partial charge in [-0.05, 0) is 110 Å². The number of aliphatic imine (C=N–C) groups is 1. The number of nitrogens with zero attached hydrogens (tertiary/aromatic N) is 1. The van der Waals surface area contributed by atoms with Gasteiger partial charge in [-0.15, -0.1) is 11.3 Å². The number of fused-ring (bicyclic) bond motifs is 2. The van der Waals surface area contributed by atoms with Crippen LogP contribution < -0.4 is 14.8 Å². The van der Waals surface area contributed by atoms with Gasteiger partial charge in [0.25, 0.3) is 5.91 Å². The minimum absolute atomic E-state index is 0.155. The molecule has 0 fully saturated rings. The summed E-state index contributed by atoms with van der Waals surface area (Å²) in [5.41, 5.74) is 4.57. The molecule has 0 saturated heterocycles. The smallest absolute Gasteiger partial charge is 0.259 e. The van der Waals surface area contributed by atoms with Crippen molar-refractivity contribution in [2.24, 2.45) is 16.3 Å². The van der Waals surface area contributed by atoms with Gasteiger partial charge in [0.1, 0.15) is 11.6 Å². The summed E-state index contributed by atoms with van der Waals surface area (Å²) in [6.45, 7) is 7.28. The fourth-order valence-electron chi connectivity index (χ4n) is 6.02. The predicted molar refractivity (Wildman–Crippen MR) is 195 cm³/mol. The van der Waals surface area contributed by atoms with E-state index in [1.165, 1.54) is 10.3 Å². The predicted octanol–water partition coefficient (Wildman–Crippen LogP) is 11.1. The van der Waals surface area contributed by atoms with Crippen molar-refractivity contribution in [1.82, 2.24) is 0 Å². The number of carbonyl (C=O) groups excluding carboxylic acids is 1. The first kappa shape index (κ1) is 32.3. The second kappa shape index (κ2) is 13.6. The molecule has 0 saturated carbocycles. The van der Waals surface area contributed by atoms with Crippen molar-refractivity contribution in [2.45, 2.75) is 46.6 Å². The third-order valence-electron chi connectivity index (χ3n) is 8.64. The number of nitrogens with one attached hydrogen (secondary N) is 1. The number of thiophene rings is 1. The Balaban J connectivity index is 1.29. The van der Waals surface area contributed by atoms with Crippen LogP contribution >= 0.6 is 38.9 Å². The highest BCUT2D eigenvalue weighted by atomic mass is 79.9. The highest BCUT2D eigenvalue weighted by Crippen LogP contribution is 2.46. The lowest BCUT2D eigenvalue weighted by Crippen LogP contribution is -2.27. The molecule has 1 aliphatic carbocycles. The number of amides is 1. The lowest BCUT2D eigenvalue weighted by Gasteiger charge is -2.33. The van der Waals surface area contributed by atoms with Gasteiger partial charge in [-0.3, -0.25) is 4.79 Å². The second-order valence-corrected chi connectivity index (χ2v) is 15.0. The zero-order valence-corrected chi connectivity index (χ0v) is 29.5. The first-order valence-electron chi connectivity index (χ1n) is 15.3. The fourth-order valence-corrected chi connectivity index (χ4v) is 7.99. The van der Waals surface area contributed by atoms with Gasteiger partial charge in [-0.2, -0.15) is 0 Å². The van der Waals surface area contributed by atoms with E-state index in [9.17, 15) is 4.79 Å². The third kappa shape index (κ3) is 7.02. The Morgan fingerprint density at radius 3 is 2.61 bits per heavy atom. The molecule has 1 atom stereocenters. The summed E-state index contributed by atoms with van der Waals surface area (Å²) in [4.78, 5) is 19.9. The SMILES string of the molecule is COc1cc(C=Nc2sc3c(c2C(=O)Nc2ccc(Cl)cc2)CC[C@@H](C(C)(C)C)C3)cc(Br)c1OCc1cccc2ccccc12. The summed E-state index contributed by atoms with van der Waals surface area (Å²) in [5.74, 6) is 1.60. The van der Waals surface area contributed by atoms with E-state index in [0.29, 0.717) is 45.3 Å². The standard InChI is InChI=1S/C38H36BrClN2O3S/c1-38(2,3)26-12-17-30-33(20-26)46-37(34(30)36(43)42-28-15-13-27(40)14-16-28)41-21-23-18-31(39)35(32(19-23)44-4)45-22-25-10-7-9-24-8-5-6-11-29(24)25/h5-11,13-16,18-19,21,26H,12,17,20,22H2,1-4H3,(H,42,43)/t26-/m1/s1. The van der Waals surface area contributed by atoms with Crippen molar-refractivity contribution in [3.8, 4) is 11.5 Å². The van der Waals surface area contributed by atoms with Gasteiger partial charge >= 0.3 is 0 Å². The monoisotopic (exact) mass is 714 g/mol. The molecule has 6 rings (SSSR count). The number of methoxy groups -OCH3 is 1. The summed E-state index contributed by atoms with van der Waals surface area (Å²) in [6.07, 6.45) is 4.64. The Morgan fingerprint density at radius 2 is 1.85 bits per heavy atom. The second-order valence-electron chi connectivity index (χ2n) is 12.7. The molecule has 1 heterocycles. The van der Waals surface area contributed by atoms with Crippen molar-refractivity contribution in [3.63, 3.8) is 0 Å². The first-order valence-corrected chi connectivity index (χ1v) is 17.3. The summed E-state index contributed by atoms with van der Waals surface area (Å²) in [6, 6.07) is 25.5. The quantitative estimate of drug-likeness (QED) is 0.163. The van der Waals surface area contributed by atoms with Crippen LogP contribution in [0.15, 0.2) is 88.3 Å². The molecule has 236 valence electrons. The van der Waals surface area contributed by atoms with E-state index in [2.05, 4.69) is 66.3 Å². The zero-order chi connectivity index (χ0) is 32.4. The minimum Gasteiger partial charge on any atom is -0.493 e. The highest BCUT2D eigenvalue weighted by molar-refractivity contribution is 9.10. The molecule has 8 heteroatoms. The Labute approximate surface area is 287 Å². The van der Waals surface area contributed by atoms with Crippen LogP contribution in [0.25, 0.3) is 10.8 Å². The number of benzene rings is 4. The van der Waals surface area contributed by atoms with E-state index in [4.69, 9.17) is 26.1 Å². The van der Waals surface area contributed by atoms with E-state index in [-0.39, 0.29) is 11.3 Å². The average molecular weight is 716 g/mol. The number of hydrogen-bond acceptors (Lipinski definition) is 5. The number of halogens is 2. The van der Waals surface area contributed by atoms with Crippen molar-refractivity contribution >= 4 is 72.5 Å². The van der Waals surface area contributed by atoms with E-state index in [1.807, 2.05) is 42.5 Å². The van der Waals surface area contributed by atoms with E-state index >= 15 is 0 Å². The van der Waals surface area contributed by atoms with Crippen molar-refractivity contribution in [1.29, 1.82) is 0 Å². The van der Waals surface area contributed by atoms with Crippen molar-refractivity contribution in [3.05, 3.63) is 115 Å². The molecule has 5 nitrogen and oxygen atoms in total. The third-order valence-corrected chi connectivity index (χ3v) is 10.6.